The monoisotopic (exact) mass is 450 g/mol. The van der Waals surface area contributed by atoms with Crippen molar-refractivity contribution in [2.24, 2.45) is 5.92 Å². The summed E-state index contributed by atoms with van der Waals surface area (Å²) >= 11 is 0. The summed E-state index contributed by atoms with van der Waals surface area (Å²) in [4.78, 5) is 12.9. The van der Waals surface area contributed by atoms with E-state index in [0.29, 0.717) is 30.0 Å². The summed E-state index contributed by atoms with van der Waals surface area (Å²) in [6.45, 7) is 4.70. The molecule has 0 aliphatic carbocycles. The minimum atomic E-state index is -3.82. The zero-order chi connectivity index (χ0) is 22.7. The molecular weight excluding hydrogens is 424 g/mol. The first-order valence-corrected chi connectivity index (χ1v) is 12.0. The highest BCUT2D eigenvalue weighted by Crippen LogP contribution is 2.26. The maximum absolute atomic E-state index is 12.9. The molecule has 166 valence electrons. The average Bonchev–Trinajstić information content (AvgIpc) is 2.79. The van der Waals surface area contributed by atoms with Crippen LogP contribution in [0.5, 0.6) is 5.75 Å². The number of carbonyl (C=O) groups excluding carboxylic acids is 1. The Balaban J connectivity index is 1.45. The first kappa shape index (κ1) is 21.9. The van der Waals surface area contributed by atoms with Gasteiger partial charge >= 0.3 is 0 Å². The zero-order valence-electron chi connectivity index (χ0n) is 18.1. The van der Waals surface area contributed by atoms with Crippen molar-refractivity contribution in [1.82, 2.24) is 5.32 Å². The molecule has 0 spiro atoms. The molecule has 6 nitrogen and oxygen atoms in total. The van der Waals surface area contributed by atoms with E-state index in [0.717, 1.165) is 23.3 Å². The number of benzene rings is 3. The Hall–Kier alpha value is -3.32. The van der Waals surface area contributed by atoms with Crippen molar-refractivity contribution in [2.75, 3.05) is 17.9 Å². The Bertz CT molecular complexity index is 1240. The minimum absolute atomic E-state index is 0.0451. The van der Waals surface area contributed by atoms with Crippen LogP contribution < -0.4 is 14.8 Å². The van der Waals surface area contributed by atoms with Crippen LogP contribution in [0.15, 0.2) is 71.6 Å². The number of ether oxygens (including phenoxy) is 1. The van der Waals surface area contributed by atoms with Crippen LogP contribution in [0.2, 0.25) is 0 Å². The Kier molecular flexibility index (Phi) is 6.19. The van der Waals surface area contributed by atoms with Crippen molar-refractivity contribution in [2.45, 2.75) is 25.2 Å². The smallest absolute Gasteiger partial charge is 0.261 e. The van der Waals surface area contributed by atoms with E-state index in [2.05, 4.69) is 10.0 Å². The van der Waals surface area contributed by atoms with Gasteiger partial charge in [-0.25, -0.2) is 8.42 Å². The molecule has 0 bridgehead atoms. The molecular formula is C25H26N2O4S. The number of fused-ring (bicyclic) bond motifs is 1. The van der Waals surface area contributed by atoms with E-state index in [4.69, 9.17) is 4.74 Å². The highest BCUT2D eigenvalue weighted by molar-refractivity contribution is 7.92. The maximum Gasteiger partial charge on any atom is 0.261 e. The number of rotatable bonds is 6. The van der Waals surface area contributed by atoms with E-state index in [1.165, 1.54) is 12.1 Å². The summed E-state index contributed by atoms with van der Waals surface area (Å²) in [6, 6.07) is 19.6. The van der Waals surface area contributed by atoms with Gasteiger partial charge in [-0.1, -0.05) is 42.0 Å². The van der Waals surface area contributed by atoms with Crippen LogP contribution in [0.1, 0.15) is 27.0 Å². The van der Waals surface area contributed by atoms with Gasteiger partial charge in [-0.2, -0.15) is 0 Å². The molecule has 1 aliphatic rings. The molecule has 0 fully saturated rings. The number of aryl methyl sites for hydroxylation is 2. The Morgan fingerprint density at radius 2 is 1.78 bits per heavy atom. The lowest BCUT2D eigenvalue weighted by molar-refractivity contribution is 0.0938. The van der Waals surface area contributed by atoms with E-state index in [1.807, 2.05) is 43.3 Å². The fourth-order valence-electron chi connectivity index (χ4n) is 3.70. The van der Waals surface area contributed by atoms with Crippen molar-refractivity contribution >= 4 is 21.6 Å². The quantitative estimate of drug-likeness (QED) is 0.593. The largest absolute Gasteiger partial charge is 0.493 e. The Morgan fingerprint density at radius 1 is 1.03 bits per heavy atom. The van der Waals surface area contributed by atoms with E-state index < -0.39 is 10.0 Å². The molecule has 32 heavy (non-hydrogen) atoms. The van der Waals surface area contributed by atoms with Gasteiger partial charge in [0.1, 0.15) is 5.75 Å². The molecule has 2 N–H and O–H groups in total. The second-order valence-corrected chi connectivity index (χ2v) is 9.83. The van der Waals surface area contributed by atoms with Crippen LogP contribution >= 0.6 is 0 Å². The summed E-state index contributed by atoms with van der Waals surface area (Å²) in [7, 11) is -3.82. The van der Waals surface area contributed by atoms with Crippen LogP contribution in [-0.4, -0.2) is 27.5 Å². The molecule has 4 rings (SSSR count). The first-order chi connectivity index (χ1) is 15.3. The zero-order valence-corrected chi connectivity index (χ0v) is 18.9. The van der Waals surface area contributed by atoms with Crippen molar-refractivity contribution in [3.05, 3.63) is 89.0 Å². The average molecular weight is 451 g/mol. The molecule has 1 unspecified atom stereocenters. The number of nitrogens with one attached hydrogen (secondary N) is 2. The van der Waals surface area contributed by atoms with Crippen LogP contribution in [-0.2, 0) is 16.4 Å². The van der Waals surface area contributed by atoms with Crippen molar-refractivity contribution in [3.8, 4) is 5.75 Å². The lowest BCUT2D eigenvalue weighted by Gasteiger charge is -2.25. The third kappa shape index (κ3) is 4.94. The molecule has 0 aromatic heterocycles. The summed E-state index contributed by atoms with van der Waals surface area (Å²) in [5.41, 5.74) is 3.69. The molecule has 0 saturated heterocycles. The van der Waals surface area contributed by atoms with Gasteiger partial charge in [-0.05, 0) is 61.7 Å². The fourth-order valence-corrected chi connectivity index (χ4v) is 4.79. The Morgan fingerprint density at radius 3 is 2.56 bits per heavy atom. The Labute approximate surface area is 188 Å². The minimum Gasteiger partial charge on any atom is -0.493 e. The van der Waals surface area contributed by atoms with Gasteiger partial charge in [0, 0.05) is 23.7 Å². The van der Waals surface area contributed by atoms with Gasteiger partial charge in [0.15, 0.2) is 0 Å². The standard InChI is InChI=1S/C25H26N2O4S/c1-17-7-10-21(11-8-17)27-32(29,30)22-12-9-18(2)23(14-22)25(28)26-15-19-13-20-5-3-4-6-24(20)31-16-19/h3-12,14,19,27H,13,15-16H2,1-2H3,(H,26,28). The predicted molar refractivity (Wildman–Crippen MR) is 125 cm³/mol. The molecule has 1 heterocycles. The van der Waals surface area contributed by atoms with Crippen LogP contribution in [0.25, 0.3) is 0 Å². The molecule has 0 saturated carbocycles. The van der Waals surface area contributed by atoms with Crippen molar-refractivity contribution in [1.29, 1.82) is 0 Å². The highest BCUT2D eigenvalue weighted by Gasteiger charge is 2.22. The fraction of sp³-hybridized carbons (Fsp3) is 0.240. The molecule has 0 radical (unpaired) electrons. The van der Waals surface area contributed by atoms with Gasteiger partial charge in [-0.3, -0.25) is 9.52 Å². The first-order valence-electron chi connectivity index (χ1n) is 10.5. The van der Waals surface area contributed by atoms with Crippen molar-refractivity contribution in [3.63, 3.8) is 0 Å². The lowest BCUT2D eigenvalue weighted by atomic mass is 9.96. The molecule has 1 atom stereocenters. The molecule has 1 amide bonds. The maximum atomic E-state index is 12.9. The predicted octanol–water partition coefficient (Wildman–Crippen LogP) is 4.09. The van der Waals surface area contributed by atoms with Crippen LogP contribution in [0, 0.1) is 19.8 Å². The summed E-state index contributed by atoms with van der Waals surface area (Å²) in [6.07, 6.45) is 0.824. The second-order valence-electron chi connectivity index (χ2n) is 8.15. The lowest BCUT2D eigenvalue weighted by Crippen LogP contribution is -2.35. The van der Waals surface area contributed by atoms with Gasteiger partial charge in [0.05, 0.1) is 11.5 Å². The number of sulfonamides is 1. The number of hydrogen-bond acceptors (Lipinski definition) is 4. The normalized spacial score (nSPS) is 15.4. The van der Waals surface area contributed by atoms with Crippen molar-refractivity contribution < 1.29 is 17.9 Å². The number of carbonyl (C=O) groups is 1. The van der Waals surface area contributed by atoms with Gasteiger partial charge in [0.2, 0.25) is 0 Å². The van der Waals surface area contributed by atoms with Crippen LogP contribution in [0.3, 0.4) is 0 Å². The summed E-state index contributed by atoms with van der Waals surface area (Å²) in [5.74, 6) is 0.753. The highest BCUT2D eigenvalue weighted by atomic mass is 32.2. The molecule has 3 aromatic rings. The summed E-state index contributed by atoms with van der Waals surface area (Å²) in [5, 5.41) is 2.94. The van der Waals surface area contributed by atoms with Gasteiger partial charge in [-0.15, -0.1) is 0 Å². The number of hydrogen-bond donors (Lipinski definition) is 2. The van der Waals surface area contributed by atoms with E-state index in [1.54, 1.807) is 25.1 Å². The third-order valence-electron chi connectivity index (χ3n) is 5.57. The number of anilines is 1. The topological polar surface area (TPSA) is 84.5 Å². The SMILES string of the molecule is Cc1ccc(NS(=O)(=O)c2ccc(C)c(C(=O)NCC3COc4ccccc4C3)c2)cc1. The third-order valence-corrected chi connectivity index (χ3v) is 6.95. The molecule has 3 aromatic carbocycles. The van der Waals surface area contributed by atoms with E-state index in [-0.39, 0.29) is 16.7 Å². The van der Waals surface area contributed by atoms with E-state index >= 15 is 0 Å². The second kappa shape index (κ2) is 9.04. The van der Waals surface area contributed by atoms with Gasteiger partial charge < -0.3 is 10.1 Å². The van der Waals surface area contributed by atoms with Gasteiger partial charge in [0.25, 0.3) is 15.9 Å². The van der Waals surface area contributed by atoms with Crippen LogP contribution in [0.4, 0.5) is 5.69 Å². The molecule has 1 aliphatic heterocycles. The summed E-state index contributed by atoms with van der Waals surface area (Å²) < 4.78 is 34.0. The molecule has 7 heteroatoms. The number of para-hydroxylation sites is 1. The van der Waals surface area contributed by atoms with E-state index in [9.17, 15) is 13.2 Å². The number of amides is 1.